The van der Waals surface area contributed by atoms with Crippen LogP contribution in [0, 0.1) is 6.92 Å². The van der Waals surface area contributed by atoms with Gasteiger partial charge in [0.2, 0.25) is 0 Å². The van der Waals surface area contributed by atoms with Crippen LogP contribution >= 0.6 is 0 Å². The fourth-order valence-electron chi connectivity index (χ4n) is 5.77. The van der Waals surface area contributed by atoms with Crippen LogP contribution in [0.15, 0.2) is 73.1 Å². The molecule has 0 radical (unpaired) electrons. The molecule has 0 unspecified atom stereocenters. The number of fused-ring (bicyclic) bond motifs is 1. The summed E-state index contributed by atoms with van der Waals surface area (Å²) in [6, 6.07) is 22.2. The van der Waals surface area contributed by atoms with E-state index in [9.17, 15) is 0 Å². The van der Waals surface area contributed by atoms with Gasteiger partial charge in [0, 0.05) is 23.9 Å². The highest BCUT2D eigenvalue weighted by molar-refractivity contribution is 5.86. The average Bonchev–Trinajstić information content (AvgIpc) is 3.36. The maximum absolute atomic E-state index is 2.48. The first-order valence-electron chi connectivity index (χ1n) is 13.1. The van der Waals surface area contributed by atoms with E-state index in [1.165, 1.54) is 50.8 Å². The van der Waals surface area contributed by atoms with Crippen LogP contribution in [0.25, 0.3) is 17.1 Å². The molecular formula is C32H39N4+. The van der Waals surface area contributed by atoms with E-state index in [1.54, 1.807) is 0 Å². The van der Waals surface area contributed by atoms with Crippen molar-refractivity contribution in [1.29, 1.82) is 0 Å². The normalized spacial score (nSPS) is 15.3. The lowest BCUT2D eigenvalue weighted by Gasteiger charge is -2.29. The fraction of sp³-hybridized carbons (Fsp3) is 0.344. The molecule has 0 N–H and O–H groups in total. The standard InChI is InChI=1S/C32H39N4/c1-21(2)25-13-11-14-26(22(3)4)31(25)35-20-19-33(7)32(35)27-15-12-18-28(23(27)5)36-24(6)34(8)29-16-9-10-17-30(29)36/h9-22,24H,1-8H3/q+1/t24-/m0/s1. The first-order valence-corrected chi connectivity index (χ1v) is 13.1. The van der Waals surface area contributed by atoms with Crippen LogP contribution in [0.5, 0.6) is 0 Å². The van der Waals surface area contributed by atoms with Crippen LogP contribution in [-0.4, -0.2) is 17.8 Å². The average molecular weight is 480 g/mol. The maximum Gasteiger partial charge on any atom is 0.294 e. The third kappa shape index (κ3) is 3.71. The Morgan fingerprint density at radius 1 is 0.778 bits per heavy atom. The van der Waals surface area contributed by atoms with Gasteiger partial charge in [0.15, 0.2) is 0 Å². The monoisotopic (exact) mass is 479 g/mol. The summed E-state index contributed by atoms with van der Waals surface area (Å²) in [5, 5.41) is 0. The number of rotatable bonds is 5. The number of imidazole rings is 1. The van der Waals surface area contributed by atoms with E-state index < -0.39 is 0 Å². The minimum Gasteiger partial charge on any atom is -0.353 e. The molecule has 36 heavy (non-hydrogen) atoms. The van der Waals surface area contributed by atoms with Gasteiger partial charge < -0.3 is 9.80 Å². The van der Waals surface area contributed by atoms with Crippen molar-refractivity contribution in [2.45, 2.75) is 59.5 Å². The molecule has 0 amide bonds. The predicted octanol–water partition coefficient (Wildman–Crippen LogP) is 7.46. The Labute approximate surface area is 216 Å². The molecule has 2 heterocycles. The van der Waals surface area contributed by atoms with Gasteiger partial charge in [-0.25, -0.2) is 4.57 Å². The molecule has 5 rings (SSSR count). The zero-order valence-corrected chi connectivity index (χ0v) is 22.9. The smallest absolute Gasteiger partial charge is 0.294 e. The summed E-state index contributed by atoms with van der Waals surface area (Å²) in [4.78, 5) is 4.83. The van der Waals surface area contributed by atoms with E-state index in [4.69, 9.17) is 0 Å². The fourth-order valence-corrected chi connectivity index (χ4v) is 5.77. The summed E-state index contributed by atoms with van der Waals surface area (Å²) >= 11 is 0. The van der Waals surface area contributed by atoms with Gasteiger partial charge in [0.1, 0.15) is 24.2 Å². The van der Waals surface area contributed by atoms with Gasteiger partial charge in [-0.2, -0.15) is 4.57 Å². The molecule has 0 bridgehead atoms. The third-order valence-electron chi connectivity index (χ3n) is 7.85. The summed E-state index contributed by atoms with van der Waals surface area (Å²) in [5.41, 5.74) is 10.4. The van der Waals surface area contributed by atoms with Crippen LogP contribution < -0.4 is 14.4 Å². The van der Waals surface area contributed by atoms with Gasteiger partial charge in [-0.15, -0.1) is 0 Å². The second kappa shape index (κ2) is 9.16. The summed E-state index contributed by atoms with van der Waals surface area (Å²) < 4.78 is 4.69. The number of aryl methyl sites for hydroxylation is 1. The molecule has 0 saturated heterocycles. The Balaban J connectivity index is 1.72. The minimum atomic E-state index is 0.242. The Bertz CT molecular complexity index is 1390. The van der Waals surface area contributed by atoms with Crippen molar-refractivity contribution in [2.75, 3.05) is 16.8 Å². The molecule has 0 spiro atoms. The van der Waals surface area contributed by atoms with Crippen molar-refractivity contribution in [3.8, 4) is 17.1 Å². The first-order chi connectivity index (χ1) is 17.2. The van der Waals surface area contributed by atoms with Crippen LogP contribution in [0.1, 0.15) is 63.1 Å². The lowest BCUT2D eigenvalue weighted by atomic mass is 9.92. The van der Waals surface area contributed by atoms with Gasteiger partial charge in [-0.05, 0) is 55.5 Å². The van der Waals surface area contributed by atoms with E-state index in [0.717, 1.165) is 0 Å². The summed E-state index contributed by atoms with van der Waals surface area (Å²) in [5.74, 6) is 2.08. The highest BCUT2D eigenvalue weighted by atomic mass is 15.4. The lowest BCUT2D eigenvalue weighted by molar-refractivity contribution is -0.659. The molecule has 1 aliphatic heterocycles. The first kappa shape index (κ1) is 24.2. The van der Waals surface area contributed by atoms with E-state index in [-0.39, 0.29) is 6.17 Å². The molecule has 1 atom stereocenters. The van der Waals surface area contributed by atoms with Crippen LogP contribution in [-0.2, 0) is 7.05 Å². The number of nitrogens with zero attached hydrogens (tertiary/aromatic N) is 4. The van der Waals surface area contributed by atoms with E-state index in [2.05, 4.69) is 148 Å². The highest BCUT2D eigenvalue weighted by Crippen LogP contribution is 2.45. The molecule has 0 saturated carbocycles. The number of para-hydroxylation sites is 3. The molecule has 1 aliphatic rings. The molecule has 3 aromatic carbocycles. The molecular weight excluding hydrogens is 440 g/mol. The van der Waals surface area contributed by atoms with Gasteiger partial charge in [-0.1, -0.05) is 64.1 Å². The van der Waals surface area contributed by atoms with Crippen molar-refractivity contribution in [3.63, 3.8) is 0 Å². The Hall–Kier alpha value is -3.53. The Morgan fingerprint density at radius 3 is 2.00 bits per heavy atom. The van der Waals surface area contributed by atoms with Crippen molar-refractivity contribution in [1.82, 2.24) is 4.57 Å². The number of hydrogen-bond acceptors (Lipinski definition) is 2. The number of aromatic nitrogens is 2. The van der Waals surface area contributed by atoms with Crippen molar-refractivity contribution < 1.29 is 4.57 Å². The maximum atomic E-state index is 2.48. The van der Waals surface area contributed by atoms with Crippen LogP contribution in [0.3, 0.4) is 0 Å². The topological polar surface area (TPSA) is 15.3 Å². The Morgan fingerprint density at radius 2 is 1.36 bits per heavy atom. The quantitative estimate of drug-likeness (QED) is 0.276. The zero-order chi connectivity index (χ0) is 25.7. The largest absolute Gasteiger partial charge is 0.353 e. The highest BCUT2D eigenvalue weighted by Gasteiger charge is 2.33. The summed E-state index contributed by atoms with van der Waals surface area (Å²) in [7, 11) is 4.34. The summed E-state index contributed by atoms with van der Waals surface area (Å²) in [6.07, 6.45) is 4.66. The van der Waals surface area contributed by atoms with E-state index >= 15 is 0 Å². The third-order valence-corrected chi connectivity index (χ3v) is 7.85. The van der Waals surface area contributed by atoms with Gasteiger partial charge in [0.05, 0.1) is 24.0 Å². The predicted molar refractivity (Wildman–Crippen MR) is 152 cm³/mol. The van der Waals surface area contributed by atoms with Crippen molar-refractivity contribution >= 4 is 17.1 Å². The molecule has 0 aliphatic carbocycles. The van der Waals surface area contributed by atoms with Crippen LogP contribution in [0.4, 0.5) is 17.1 Å². The number of anilines is 3. The second-order valence-corrected chi connectivity index (χ2v) is 10.7. The molecule has 4 nitrogen and oxygen atoms in total. The van der Waals surface area contributed by atoms with Gasteiger partial charge >= 0.3 is 0 Å². The zero-order valence-electron chi connectivity index (χ0n) is 22.9. The molecule has 186 valence electrons. The minimum absolute atomic E-state index is 0.242. The van der Waals surface area contributed by atoms with Gasteiger partial charge in [0.25, 0.3) is 5.82 Å². The summed E-state index contributed by atoms with van der Waals surface area (Å²) in [6.45, 7) is 13.7. The SMILES string of the molecule is Cc1c(-c2n(-c3c(C(C)C)cccc3C(C)C)cc[n+]2C)cccc1N1c2ccccc2N(C)[C@@H]1C. The van der Waals surface area contributed by atoms with E-state index in [0.29, 0.717) is 11.8 Å². The van der Waals surface area contributed by atoms with Crippen LogP contribution in [0.2, 0.25) is 0 Å². The molecule has 1 aromatic heterocycles. The number of benzene rings is 3. The van der Waals surface area contributed by atoms with Crippen molar-refractivity contribution in [2.24, 2.45) is 7.05 Å². The second-order valence-electron chi connectivity index (χ2n) is 10.7. The number of hydrogen-bond donors (Lipinski definition) is 0. The molecule has 4 aromatic rings. The molecule has 0 fully saturated rings. The lowest BCUT2D eigenvalue weighted by Crippen LogP contribution is -2.36. The van der Waals surface area contributed by atoms with Gasteiger partial charge in [-0.3, -0.25) is 0 Å². The van der Waals surface area contributed by atoms with Crippen molar-refractivity contribution in [3.05, 3.63) is 89.7 Å². The molecule has 4 heteroatoms. The Kier molecular flexibility index (Phi) is 6.15. The van der Waals surface area contributed by atoms with E-state index in [1.807, 2.05) is 0 Å².